The highest BCUT2D eigenvalue weighted by molar-refractivity contribution is 7.80. The molecule has 2 N–H and O–H groups in total. The second-order valence-corrected chi connectivity index (χ2v) is 4.64. The molecule has 0 atom stereocenters. The number of thiocarbonyl (C=S) groups is 1. The van der Waals surface area contributed by atoms with Crippen LogP contribution in [0.25, 0.3) is 0 Å². The van der Waals surface area contributed by atoms with Gasteiger partial charge >= 0.3 is 0 Å². The van der Waals surface area contributed by atoms with Crippen LogP contribution in [0.3, 0.4) is 0 Å². The zero-order valence-corrected chi connectivity index (χ0v) is 12.3. The van der Waals surface area contributed by atoms with Gasteiger partial charge in [0.1, 0.15) is 0 Å². The van der Waals surface area contributed by atoms with Crippen molar-refractivity contribution < 1.29 is 0 Å². The molecule has 1 aromatic carbocycles. The topological polar surface area (TPSA) is 36.4 Å². The predicted molar refractivity (Wildman–Crippen MR) is 83.3 cm³/mol. The molecule has 1 aromatic rings. The Bertz CT molecular complexity index is 452. The van der Waals surface area contributed by atoms with Gasteiger partial charge in [-0.1, -0.05) is 32.0 Å². The maximum absolute atomic E-state index is 5.24. The van der Waals surface area contributed by atoms with Gasteiger partial charge in [0.25, 0.3) is 0 Å². The second kappa shape index (κ2) is 7.11. The number of anilines is 1. The average molecular weight is 263 g/mol. The molecule has 0 unspecified atom stereocenters. The first-order valence-corrected chi connectivity index (χ1v) is 6.67. The minimum atomic E-state index is 0.534. The lowest BCUT2D eigenvalue weighted by molar-refractivity contribution is 1.01. The van der Waals surface area contributed by atoms with Crippen molar-refractivity contribution in [3.05, 3.63) is 29.3 Å². The van der Waals surface area contributed by atoms with Crippen LogP contribution >= 0.6 is 12.2 Å². The summed E-state index contributed by atoms with van der Waals surface area (Å²) in [6.07, 6.45) is 1.89. The van der Waals surface area contributed by atoms with Crippen molar-refractivity contribution in [2.24, 2.45) is 5.10 Å². The van der Waals surface area contributed by atoms with E-state index in [1.54, 1.807) is 0 Å². The number of hydrogen-bond acceptors (Lipinski definition) is 2. The first-order chi connectivity index (χ1) is 8.58. The molecule has 0 aliphatic carbocycles. The Morgan fingerprint density at radius 3 is 2.67 bits per heavy atom. The van der Waals surface area contributed by atoms with Crippen molar-refractivity contribution >= 4 is 28.7 Å². The van der Waals surface area contributed by atoms with Crippen LogP contribution in [0.2, 0.25) is 0 Å². The molecule has 0 aromatic heterocycles. The number of hydrogen-bond donors (Lipinski definition) is 2. The molecule has 0 spiro atoms. The number of para-hydroxylation sites is 1. The Hall–Kier alpha value is -1.42. The fraction of sp³-hybridized carbons (Fsp3) is 0.429. The van der Waals surface area contributed by atoms with Crippen molar-refractivity contribution in [3.63, 3.8) is 0 Å². The van der Waals surface area contributed by atoms with Gasteiger partial charge in [0.2, 0.25) is 0 Å². The number of hydrazone groups is 1. The third-order valence-electron chi connectivity index (χ3n) is 2.84. The van der Waals surface area contributed by atoms with E-state index in [0.29, 0.717) is 5.11 Å². The summed E-state index contributed by atoms with van der Waals surface area (Å²) >= 11 is 5.24. The standard InChI is InChI=1S/C14H21N3S/c1-5-11(4)16-17-14(18)15-13-10(3)8-7-9-12(13)6-2/h7-9H,5-6H2,1-4H3,(H2,15,17,18)/b16-11-. The molecule has 0 radical (unpaired) electrons. The first kappa shape index (κ1) is 14.6. The van der Waals surface area contributed by atoms with E-state index >= 15 is 0 Å². The van der Waals surface area contributed by atoms with E-state index in [9.17, 15) is 0 Å². The molecule has 0 amide bonds. The van der Waals surface area contributed by atoms with Crippen LogP contribution in [0, 0.1) is 6.92 Å². The SMILES string of the molecule is CC/C(C)=N\NC(=S)Nc1c(C)cccc1CC. The Morgan fingerprint density at radius 1 is 1.33 bits per heavy atom. The molecular formula is C14H21N3S. The van der Waals surface area contributed by atoms with Crippen LogP contribution in [0.4, 0.5) is 5.69 Å². The number of nitrogens with one attached hydrogen (secondary N) is 2. The number of rotatable bonds is 4. The van der Waals surface area contributed by atoms with Crippen molar-refractivity contribution in [3.8, 4) is 0 Å². The molecular weight excluding hydrogens is 242 g/mol. The van der Waals surface area contributed by atoms with Crippen LogP contribution in [-0.2, 0) is 6.42 Å². The summed E-state index contributed by atoms with van der Waals surface area (Å²) in [6, 6.07) is 6.25. The average Bonchev–Trinajstić information content (AvgIpc) is 2.38. The Kier molecular flexibility index (Phi) is 5.78. The summed E-state index contributed by atoms with van der Waals surface area (Å²) in [4.78, 5) is 0. The van der Waals surface area contributed by atoms with Crippen LogP contribution in [-0.4, -0.2) is 10.8 Å². The highest BCUT2D eigenvalue weighted by Crippen LogP contribution is 2.20. The van der Waals surface area contributed by atoms with E-state index in [1.165, 1.54) is 11.1 Å². The van der Waals surface area contributed by atoms with Crippen molar-refractivity contribution in [2.45, 2.75) is 40.5 Å². The van der Waals surface area contributed by atoms with Gasteiger partial charge in [-0.2, -0.15) is 5.10 Å². The van der Waals surface area contributed by atoms with Crippen molar-refractivity contribution in [2.75, 3.05) is 5.32 Å². The molecule has 4 heteroatoms. The van der Waals surface area contributed by atoms with Crippen LogP contribution in [0.5, 0.6) is 0 Å². The zero-order chi connectivity index (χ0) is 13.5. The van der Waals surface area contributed by atoms with E-state index in [1.807, 2.05) is 6.92 Å². The Balaban J connectivity index is 2.76. The fourth-order valence-electron chi connectivity index (χ4n) is 1.57. The van der Waals surface area contributed by atoms with Gasteiger partial charge in [-0.05, 0) is 50.0 Å². The van der Waals surface area contributed by atoms with Crippen LogP contribution in [0.15, 0.2) is 23.3 Å². The molecule has 0 fully saturated rings. The summed E-state index contributed by atoms with van der Waals surface area (Å²) in [5.41, 5.74) is 7.43. The lowest BCUT2D eigenvalue weighted by Crippen LogP contribution is -2.25. The normalized spacial score (nSPS) is 11.2. The van der Waals surface area contributed by atoms with E-state index < -0.39 is 0 Å². The smallest absolute Gasteiger partial charge is 0.191 e. The molecule has 3 nitrogen and oxygen atoms in total. The minimum absolute atomic E-state index is 0.534. The lowest BCUT2D eigenvalue weighted by Gasteiger charge is -2.14. The van der Waals surface area contributed by atoms with E-state index in [4.69, 9.17) is 12.2 Å². The third-order valence-corrected chi connectivity index (χ3v) is 3.03. The maximum Gasteiger partial charge on any atom is 0.191 e. The third kappa shape index (κ3) is 4.11. The van der Waals surface area contributed by atoms with Gasteiger partial charge < -0.3 is 5.32 Å². The minimum Gasteiger partial charge on any atom is -0.331 e. The van der Waals surface area contributed by atoms with Gasteiger partial charge in [-0.15, -0.1) is 0 Å². The van der Waals surface area contributed by atoms with Gasteiger partial charge in [-0.3, -0.25) is 5.43 Å². The molecule has 0 heterocycles. The largest absolute Gasteiger partial charge is 0.331 e. The number of nitrogens with zero attached hydrogens (tertiary/aromatic N) is 1. The maximum atomic E-state index is 5.24. The van der Waals surface area contributed by atoms with Crippen LogP contribution < -0.4 is 10.7 Å². The molecule has 1 rings (SSSR count). The summed E-state index contributed by atoms with van der Waals surface area (Å²) in [5, 5.41) is 7.94. The summed E-state index contributed by atoms with van der Waals surface area (Å²) in [7, 11) is 0. The molecule has 18 heavy (non-hydrogen) atoms. The van der Waals surface area contributed by atoms with E-state index in [2.05, 4.69) is 54.8 Å². The molecule has 0 saturated heterocycles. The van der Waals surface area contributed by atoms with E-state index in [0.717, 1.165) is 24.2 Å². The molecule has 0 bridgehead atoms. The number of benzene rings is 1. The fourth-order valence-corrected chi connectivity index (χ4v) is 1.72. The van der Waals surface area contributed by atoms with E-state index in [-0.39, 0.29) is 0 Å². The van der Waals surface area contributed by atoms with Crippen LogP contribution in [0.1, 0.15) is 38.3 Å². The second-order valence-electron chi connectivity index (χ2n) is 4.23. The summed E-state index contributed by atoms with van der Waals surface area (Å²) < 4.78 is 0. The van der Waals surface area contributed by atoms with Gasteiger partial charge in [0.15, 0.2) is 5.11 Å². The summed E-state index contributed by atoms with van der Waals surface area (Å²) in [5.74, 6) is 0. The first-order valence-electron chi connectivity index (χ1n) is 6.27. The molecule has 0 aliphatic heterocycles. The molecule has 98 valence electrons. The van der Waals surface area contributed by atoms with Crippen molar-refractivity contribution in [1.82, 2.24) is 5.43 Å². The van der Waals surface area contributed by atoms with Gasteiger partial charge in [0.05, 0.1) is 0 Å². The van der Waals surface area contributed by atoms with Gasteiger partial charge in [0, 0.05) is 11.4 Å². The highest BCUT2D eigenvalue weighted by atomic mass is 32.1. The lowest BCUT2D eigenvalue weighted by atomic mass is 10.1. The zero-order valence-electron chi connectivity index (χ0n) is 11.5. The molecule has 0 aliphatic rings. The Morgan fingerprint density at radius 2 is 2.06 bits per heavy atom. The quantitative estimate of drug-likeness (QED) is 0.495. The summed E-state index contributed by atoms with van der Waals surface area (Å²) in [6.45, 7) is 8.24. The highest BCUT2D eigenvalue weighted by Gasteiger charge is 2.05. The Labute approximate surface area is 115 Å². The van der Waals surface area contributed by atoms with Crippen molar-refractivity contribution in [1.29, 1.82) is 0 Å². The predicted octanol–water partition coefficient (Wildman–Crippen LogP) is 3.63. The number of aryl methyl sites for hydroxylation is 2. The van der Waals surface area contributed by atoms with Gasteiger partial charge in [-0.25, -0.2) is 0 Å². The monoisotopic (exact) mass is 263 g/mol. The molecule has 0 saturated carbocycles.